The molecule has 124 valence electrons. The Balaban J connectivity index is 1.94. The third-order valence-corrected chi connectivity index (χ3v) is 5.73. The highest BCUT2D eigenvalue weighted by Gasteiger charge is 2.16. The summed E-state index contributed by atoms with van der Waals surface area (Å²) >= 11 is 7.25. The van der Waals surface area contributed by atoms with Gasteiger partial charge in [0.05, 0.1) is 15.1 Å². The van der Waals surface area contributed by atoms with Gasteiger partial charge < -0.3 is 0 Å². The number of aromatic nitrogens is 1. The molecule has 0 unspecified atom stereocenters. The largest absolute Gasteiger partial charge is 0.298 e. The zero-order valence-electron chi connectivity index (χ0n) is 12.8. The lowest BCUT2D eigenvalue weighted by molar-refractivity contribution is 0.102. The van der Waals surface area contributed by atoms with Crippen LogP contribution < -0.4 is 5.32 Å². The monoisotopic (exact) mass is 380 g/mol. The van der Waals surface area contributed by atoms with Crippen LogP contribution in [0.4, 0.5) is 5.13 Å². The van der Waals surface area contributed by atoms with Crippen LogP contribution in [0.15, 0.2) is 41.3 Å². The standard InChI is InChI=1S/C16H13ClN2O3S2/c1-9-3-5-11(24(2,21)22)8-12(9)15(20)19-16-18-13-6-4-10(17)7-14(13)23-16/h3-8H,1-2H3,(H,18,19,20). The van der Waals surface area contributed by atoms with E-state index in [0.29, 0.717) is 21.3 Å². The molecule has 5 nitrogen and oxygen atoms in total. The highest BCUT2D eigenvalue weighted by molar-refractivity contribution is 7.90. The molecule has 0 radical (unpaired) electrons. The molecular weight excluding hydrogens is 368 g/mol. The van der Waals surface area contributed by atoms with Crippen LogP contribution in [0.1, 0.15) is 15.9 Å². The molecule has 0 saturated carbocycles. The van der Waals surface area contributed by atoms with Gasteiger partial charge >= 0.3 is 0 Å². The molecule has 0 aliphatic rings. The second kappa shape index (κ2) is 6.16. The highest BCUT2D eigenvalue weighted by Crippen LogP contribution is 2.29. The summed E-state index contributed by atoms with van der Waals surface area (Å²) < 4.78 is 24.2. The van der Waals surface area contributed by atoms with Gasteiger partial charge in [-0.15, -0.1) is 0 Å². The van der Waals surface area contributed by atoms with Crippen molar-refractivity contribution in [2.45, 2.75) is 11.8 Å². The number of benzene rings is 2. The summed E-state index contributed by atoms with van der Waals surface area (Å²) in [5, 5.41) is 3.75. The van der Waals surface area contributed by atoms with Crippen LogP contribution in [0, 0.1) is 6.92 Å². The zero-order valence-corrected chi connectivity index (χ0v) is 15.2. The maximum absolute atomic E-state index is 12.5. The summed E-state index contributed by atoms with van der Waals surface area (Å²) in [6.45, 7) is 1.75. The molecule has 0 atom stereocenters. The average molecular weight is 381 g/mol. The molecule has 0 saturated heterocycles. The molecular formula is C16H13ClN2O3S2. The summed E-state index contributed by atoms with van der Waals surface area (Å²) in [6.07, 6.45) is 1.11. The molecule has 1 amide bonds. The highest BCUT2D eigenvalue weighted by atomic mass is 35.5. The van der Waals surface area contributed by atoms with Crippen molar-refractivity contribution in [1.29, 1.82) is 0 Å². The summed E-state index contributed by atoms with van der Waals surface area (Å²) in [6, 6.07) is 9.77. The fraction of sp³-hybridized carbons (Fsp3) is 0.125. The number of carbonyl (C=O) groups is 1. The van der Waals surface area contributed by atoms with Crippen molar-refractivity contribution in [2.24, 2.45) is 0 Å². The minimum absolute atomic E-state index is 0.106. The van der Waals surface area contributed by atoms with Crippen molar-refractivity contribution >= 4 is 54.0 Å². The number of hydrogen-bond donors (Lipinski definition) is 1. The minimum atomic E-state index is -3.38. The molecule has 0 bridgehead atoms. The number of anilines is 1. The van der Waals surface area contributed by atoms with E-state index in [1.807, 2.05) is 0 Å². The fourth-order valence-electron chi connectivity index (χ4n) is 2.19. The van der Waals surface area contributed by atoms with E-state index >= 15 is 0 Å². The maximum Gasteiger partial charge on any atom is 0.257 e. The topological polar surface area (TPSA) is 76.1 Å². The molecule has 1 aromatic heterocycles. The van der Waals surface area contributed by atoms with Crippen molar-refractivity contribution < 1.29 is 13.2 Å². The van der Waals surface area contributed by atoms with Crippen molar-refractivity contribution in [1.82, 2.24) is 4.98 Å². The maximum atomic E-state index is 12.5. The molecule has 3 rings (SSSR count). The molecule has 3 aromatic rings. The number of sulfone groups is 1. The number of carbonyl (C=O) groups excluding carboxylic acids is 1. The Labute approximate surface area is 148 Å². The number of amides is 1. The van der Waals surface area contributed by atoms with E-state index in [1.54, 1.807) is 31.2 Å². The zero-order chi connectivity index (χ0) is 17.5. The Hall–Kier alpha value is -1.96. The smallest absolute Gasteiger partial charge is 0.257 e. The Bertz CT molecular complexity index is 1060. The lowest BCUT2D eigenvalue weighted by atomic mass is 10.1. The molecule has 2 aromatic carbocycles. The molecule has 0 aliphatic heterocycles. The Morgan fingerprint density at radius 2 is 1.96 bits per heavy atom. The minimum Gasteiger partial charge on any atom is -0.298 e. The molecule has 24 heavy (non-hydrogen) atoms. The average Bonchev–Trinajstić information content (AvgIpc) is 2.87. The van der Waals surface area contributed by atoms with Gasteiger partial charge in [-0.3, -0.25) is 10.1 Å². The number of aryl methyl sites for hydroxylation is 1. The summed E-state index contributed by atoms with van der Waals surface area (Å²) in [7, 11) is -3.38. The van der Waals surface area contributed by atoms with Crippen molar-refractivity contribution in [3.05, 3.63) is 52.5 Å². The third-order valence-electron chi connectivity index (χ3n) is 3.45. The molecule has 1 N–H and O–H groups in total. The summed E-state index contributed by atoms with van der Waals surface area (Å²) in [4.78, 5) is 16.9. The normalized spacial score (nSPS) is 11.6. The van der Waals surface area contributed by atoms with Crippen LogP contribution in [-0.4, -0.2) is 25.6 Å². The van der Waals surface area contributed by atoms with Gasteiger partial charge in [0.2, 0.25) is 0 Å². The Morgan fingerprint density at radius 3 is 2.67 bits per heavy atom. The van der Waals surface area contributed by atoms with Gasteiger partial charge in [-0.05, 0) is 42.8 Å². The predicted molar refractivity (Wildman–Crippen MR) is 96.9 cm³/mol. The Kier molecular flexibility index (Phi) is 4.33. The van der Waals surface area contributed by atoms with Crippen LogP contribution in [0.25, 0.3) is 10.2 Å². The SMILES string of the molecule is Cc1ccc(S(C)(=O)=O)cc1C(=O)Nc1nc2ccc(Cl)cc2s1. The van der Waals surface area contributed by atoms with Gasteiger partial charge in [-0.2, -0.15) is 0 Å². The van der Waals surface area contributed by atoms with E-state index in [2.05, 4.69) is 10.3 Å². The van der Waals surface area contributed by atoms with Crippen molar-refractivity contribution in [3.8, 4) is 0 Å². The molecule has 1 heterocycles. The van der Waals surface area contributed by atoms with Crippen LogP contribution in [0.3, 0.4) is 0 Å². The van der Waals surface area contributed by atoms with Gasteiger partial charge in [0, 0.05) is 16.8 Å². The van der Waals surface area contributed by atoms with Gasteiger partial charge in [0.1, 0.15) is 0 Å². The number of halogens is 1. The van der Waals surface area contributed by atoms with Gasteiger partial charge in [-0.1, -0.05) is 29.0 Å². The van der Waals surface area contributed by atoms with Gasteiger partial charge in [0.15, 0.2) is 15.0 Å². The quantitative estimate of drug-likeness (QED) is 0.747. The first-order chi connectivity index (χ1) is 11.2. The first-order valence-corrected chi connectivity index (χ1v) is 10.0. The van der Waals surface area contributed by atoms with Crippen LogP contribution in [-0.2, 0) is 9.84 Å². The van der Waals surface area contributed by atoms with E-state index in [0.717, 1.165) is 16.5 Å². The van der Waals surface area contributed by atoms with Crippen LogP contribution in [0.2, 0.25) is 5.02 Å². The van der Waals surface area contributed by atoms with E-state index in [-0.39, 0.29) is 4.90 Å². The number of fused-ring (bicyclic) bond motifs is 1. The summed E-state index contributed by atoms with van der Waals surface area (Å²) in [5.74, 6) is -0.400. The number of nitrogens with zero attached hydrogens (tertiary/aromatic N) is 1. The van der Waals surface area contributed by atoms with Crippen LogP contribution >= 0.6 is 22.9 Å². The van der Waals surface area contributed by atoms with Crippen LogP contribution in [0.5, 0.6) is 0 Å². The molecule has 0 fully saturated rings. The third kappa shape index (κ3) is 3.43. The lowest BCUT2D eigenvalue weighted by Gasteiger charge is -2.07. The second-order valence-electron chi connectivity index (χ2n) is 5.33. The summed E-state index contributed by atoms with van der Waals surface area (Å²) in [5.41, 5.74) is 1.72. The van der Waals surface area contributed by atoms with Crippen molar-refractivity contribution in [2.75, 3.05) is 11.6 Å². The van der Waals surface area contributed by atoms with Gasteiger partial charge in [0.25, 0.3) is 5.91 Å². The molecule has 0 spiro atoms. The predicted octanol–water partition coefficient (Wildman–Crippen LogP) is 3.91. The first kappa shape index (κ1) is 16.9. The number of rotatable bonds is 3. The van der Waals surface area contributed by atoms with Gasteiger partial charge in [-0.25, -0.2) is 13.4 Å². The number of hydrogen-bond acceptors (Lipinski definition) is 5. The van der Waals surface area contributed by atoms with E-state index in [4.69, 9.17) is 11.6 Å². The Morgan fingerprint density at radius 1 is 1.21 bits per heavy atom. The van der Waals surface area contributed by atoms with Crippen molar-refractivity contribution in [3.63, 3.8) is 0 Å². The van der Waals surface area contributed by atoms with E-state index in [1.165, 1.54) is 23.5 Å². The van der Waals surface area contributed by atoms with E-state index < -0.39 is 15.7 Å². The number of nitrogens with one attached hydrogen (secondary N) is 1. The fourth-order valence-corrected chi connectivity index (χ4v) is 3.98. The molecule has 0 aliphatic carbocycles. The number of thiazole rings is 1. The van der Waals surface area contributed by atoms with E-state index in [9.17, 15) is 13.2 Å². The first-order valence-electron chi connectivity index (χ1n) is 6.92. The lowest BCUT2D eigenvalue weighted by Crippen LogP contribution is -2.14. The molecule has 8 heteroatoms. The second-order valence-corrected chi connectivity index (χ2v) is 8.82.